The summed E-state index contributed by atoms with van der Waals surface area (Å²) < 4.78 is 0. The third kappa shape index (κ3) is 3.64. The molecule has 136 valence electrons. The van der Waals surface area contributed by atoms with Gasteiger partial charge in [0.15, 0.2) is 0 Å². The van der Waals surface area contributed by atoms with E-state index in [0.717, 1.165) is 24.0 Å². The van der Waals surface area contributed by atoms with Gasteiger partial charge in [-0.3, -0.25) is 4.79 Å². The van der Waals surface area contributed by atoms with E-state index in [4.69, 9.17) is 0 Å². The maximum atomic E-state index is 12.7. The van der Waals surface area contributed by atoms with E-state index in [0.29, 0.717) is 5.56 Å². The third-order valence-electron chi connectivity index (χ3n) is 5.43. The molecule has 0 spiro atoms. The fraction of sp³-hybridized carbons (Fsp3) is 0.208. The number of fused-ring (bicyclic) bond motifs is 1. The molecule has 0 saturated heterocycles. The molecule has 0 aliphatic heterocycles. The molecule has 2 atom stereocenters. The van der Waals surface area contributed by atoms with Gasteiger partial charge in [-0.25, -0.2) is 0 Å². The molecule has 0 heterocycles. The van der Waals surface area contributed by atoms with Crippen LogP contribution in [-0.2, 0) is 6.42 Å². The van der Waals surface area contributed by atoms with E-state index in [2.05, 4.69) is 29.6 Å². The average Bonchev–Trinajstić information content (AvgIpc) is 3.16. The van der Waals surface area contributed by atoms with Crippen LogP contribution in [0.4, 0.5) is 0 Å². The molecule has 1 amide bonds. The van der Waals surface area contributed by atoms with Crippen LogP contribution < -0.4 is 5.32 Å². The molecule has 3 heteroatoms. The molecule has 0 radical (unpaired) electrons. The molecule has 27 heavy (non-hydrogen) atoms. The number of aliphatic hydroxyl groups is 1. The van der Waals surface area contributed by atoms with Crippen molar-refractivity contribution >= 4 is 5.91 Å². The molecule has 0 aromatic heterocycles. The minimum atomic E-state index is -0.269. The summed E-state index contributed by atoms with van der Waals surface area (Å²) >= 11 is 0. The number of hydrogen-bond donors (Lipinski definition) is 2. The number of amides is 1. The Kier molecular flexibility index (Phi) is 5.03. The molecule has 2 unspecified atom stereocenters. The van der Waals surface area contributed by atoms with Gasteiger partial charge in [-0.2, -0.15) is 0 Å². The van der Waals surface area contributed by atoms with Crippen molar-refractivity contribution in [3.8, 4) is 11.1 Å². The van der Waals surface area contributed by atoms with E-state index >= 15 is 0 Å². The molecule has 0 saturated carbocycles. The van der Waals surface area contributed by atoms with Crippen LogP contribution in [0.1, 0.15) is 33.8 Å². The average molecular weight is 357 g/mol. The smallest absolute Gasteiger partial charge is 0.251 e. The van der Waals surface area contributed by atoms with Gasteiger partial charge in [-0.05, 0) is 47.2 Å². The molecular weight excluding hydrogens is 334 g/mol. The molecule has 3 aromatic rings. The van der Waals surface area contributed by atoms with Crippen molar-refractivity contribution in [2.45, 2.75) is 24.8 Å². The molecule has 1 aliphatic carbocycles. The molecule has 4 rings (SSSR count). The lowest BCUT2D eigenvalue weighted by atomic mass is 9.93. The van der Waals surface area contributed by atoms with Crippen LogP contribution in [0.25, 0.3) is 11.1 Å². The quantitative estimate of drug-likeness (QED) is 0.720. The first kappa shape index (κ1) is 17.5. The third-order valence-corrected chi connectivity index (χ3v) is 5.43. The first-order valence-corrected chi connectivity index (χ1v) is 9.41. The fourth-order valence-electron chi connectivity index (χ4n) is 3.98. The number of nitrogens with one attached hydrogen (secondary N) is 1. The van der Waals surface area contributed by atoms with Gasteiger partial charge >= 0.3 is 0 Å². The molecular formula is C24H23NO2. The van der Waals surface area contributed by atoms with Gasteiger partial charge in [0.1, 0.15) is 0 Å². The van der Waals surface area contributed by atoms with Crippen LogP contribution in [0.3, 0.4) is 0 Å². The SMILES string of the molecule is O=C(NC(CO)C1CCc2ccccc21)c1ccc(-c2ccccc2)cc1. The second-order valence-corrected chi connectivity index (χ2v) is 7.05. The predicted octanol–water partition coefficient (Wildman–Crippen LogP) is 4.17. The van der Waals surface area contributed by atoms with E-state index in [1.807, 2.05) is 54.6 Å². The topological polar surface area (TPSA) is 49.3 Å². The summed E-state index contributed by atoms with van der Waals surface area (Å²) in [6.45, 7) is -0.0627. The highest BCUT2D eigenvalue weighted by Crippen LogP contribution is 2.35. The fourth-order valence-corrected chi connectivity index (χ4v) is 3.98. The van der Waals surface area contributed by atoms with Gasteiger partial charge in [0.25, 0.3) is 5.91 Å². The van der Waals surface area contributed by atoms with Gasteiger partial charge < -0.3 is 10.4 Å². The van der Waals surface area contributed by atoms with Crippen LogP contribution in [0.5, 0.6) is 0 Å². The molecule has 3 aromatic carbocycles. The summed E-state index contributed by atoms with van der Waals surface area (Å²) in [7, 11) is 0. The maximum Gasteiger partial charge on any atom is 0.251 e. The van der Waals surface area contributed by atoms with Crippen molar-refractivity contribution in [3.63, 3.8) is 0 Å². The van der Waals surface area contributed by atoms with E-state index in [9.17, 15) is 9.90 Å². The monoisotopic (exact) mass is 357 g/mol. The van der Waals surface area contributed by atoms with Crippen LogP contribution in [-0.4, -0.2) is 23.7 Å². The predicted molar refractivity (Wildman–Crippen MR) is 108 cm³/mol. The van der Waals surface area contributed by atoms with Gasteiger partial charge in [0.05, 0.1) is 12.6 Å². The van der Waals surface area contributed by atoms with E-state index in [1.165, 1.54) is 11.1 Å². The Bertz CT molecular complexity index is 919. The normalized spacial score (nSPS) is 16.6. The zero-order valence-electron chi connectivity index (χ0n) is 15.1. The number of benzene rings is 3. The van der Waals surface area contributed by atoms with Crippen molar-refractivity contribution in [2.24, 2.45) is 0 Å². The number of carbonyl (C=O) groups excluding carboxylic acids is 1. The summed E-state index contributed by atoms with van der Waals surface area (Å²) in [4.78, 5) is 12.7. The number of rotatable bonds is 5. The van der Waals surface area contributed by atoms with Crippen molar-refractivity contribution in [3.05, 3.63) is 95.6 Å². The summed E-state index contributed by atoms with van der Waals surface area (Å²) in [5.41, 5.74) is 5.38. The molecule has 0 fully saturated rings. The van der Waals surface area contributed by atoms with E-state index in [-0.39, 0.29) is 24.5 Å². The minimum Gasteiger partial charge on any atom is -0.394 e. The lowest BCUT2D eigenvalue weighted by Crippen LogP contribution is -2.41. The Balaban J connectivity index is 1.48. The number of aryl methyl sites for hydroxylation is 1. The van der Waals surface area contributed by atoms with Gasteiger partial charge in [-0.1, -0.05) is 66.7 Å². The summed E-state index contributed by atoms with van der Waals surface area (Å²) in [5, 5.41) is 12.9. The first-order chi connectivity index (χ1) is 13.3. The molecule has 2 N–H and O–H groups in total. The lowest BCUT2D eigenvalue weighted by Gasteiger charge is -2.24. The zero-order chi connectivity index (χ0) is 18.6. The molecule has 1 aliphatic rings. The number of carbonyl (C=O) groups is 1. The standard InChI is InChI=1S/C24H23NO2/c26-16-23(22-15-14-19-8-4-5-9-21(19)22)25-24(27)20-12-10-18(11-13-20)17-6-2-1-3-7-17/h1-13,22-23,26H,14-16H2,(H,25,27). The number of aliphatic hydroxyl groups excluding tert-OH is 1. The van der Waals surface area contributed by atoms with Crippen LogP contribution in [0.2, 0.25) is 0 Å². The molecule has 3 nitrogen and oxygen atoms in total. The van der Waals surface area contributed by atoms with Gasteiger partial charge in [0.2, 0.25) is 0 Å². The highest BCUT2D eigenvalue weighted by atomic mass is 16.3. The minimum absolute atomic E-state index is 0.0627. The zero-order valence-corrected chi connectivity index (χ0v) is 15.1. The maximum absolute atomic E-state index is 12.7. The summed E-state index contributed by atoms with van der Waals surface area (Å²) in [6, 6.07) is 25.7. The second-order valence-electron chi connectivity index (χ2n) is 7.05. The second kappa shape index (κ2) is 7.77. The van der Waals surface area contributed by atoms with Crippen LogP contribution in [0, 0.1) is 0 Å². The van der Waals surface area contributed by atoms with E-state index in [1.54, 1.807) is 0 Å². The number of hydrogen-bond acceptors (Lipinski definition) is 2. The summed E-state index contributed by atoms with van der Waals surface area (Å²) in [6.07, 6.45) is 1.96. The van der Waals surface area contributed by atoms with E-state index < -0.39 is 0 Å². The van der Waals surface area contributed by atoms with Crippen molar-refractivity contribution in [1.82, 2.24) is 5.32 Å². The van der Waals surface area contributed by atoms with Crippen molar-refractivity contribution in [1.29, 1.82) is 0 Å². The van der Waals surface area contributed by atoms with Crippen LogP contribution >= 0.6 is 0 Å². The molecule has 0 bridgehead atoms. The highest BCUT2D eigenvalue weighted by Gasteiger charge is 2.30. The Morgan fingerprint density at radius 1 is 0.926 bits per heavy atom. The lowest BCUT2D eigenvalue weighted by molar-refractivity contribution is 0.0905. The highest BCUT2D eigenvalue weighted by molar-refractivity contribution is 5.95. The Labute approximate surface area is 159 Å². The van der Waals surface area contributed by atoms with Gasteiger partial charge in [-0.15, -0.1) is 0 Å². The van der Waals surface area contributed by atoms with Crippen molar-refractivity contribution in [2.75, 3.05) is 6.61 Å². The van der Waals surface area contributed by atoms with Gasteiger partial charge in [0, 0.05) is 11.5 Å². The first-order valence-electron chi connectivity index (χ1n) is 9.41. The Hall–Kier alpha value is -2.91. The van der Waals surface area contributed by atoms with Crippen molar-refractivity contribution < 1.29 is 9.90 Å². The Morgan fingerprint density at radius 3 is 2.33 bits per heavy atom. The Morgan fingerprint density at radius 2 is 1.59 bits per heavy atom. The largest absolute Gasteiger partial charge is 0.394 e. The van der Waals surface area contributed by atoms with Crippen LogP contribution in [0.15, 0.2) is 78.9 Å². The summed E-state index contributed by atoms with van der Waals surface area (Å²) in [5.74, 6) is 0.0248.